The van der Waals surface area contributed by atoms with E-state index in [1.807, 2.05) is 0 Å². The molecule has 1 aromatic heterocycles. The molecule has 1 aliphatic carbocycles. The molecule has 1 saturated heterocycles. The van der Waals surface area contributed by atoms with Crippen LogP contribution in [-0.4, -0.2) is 40.2 Å². The van der Waals surface area contributed by atoms with Crippen molar-refractivity contribution in [2.45, 2.75) is 51.2 Å². The average Bonchev–Trinajstić information content (AvgIpc) is 2.99. The van der Waals surface area contributed by atoms with Gasteiger partial charge in [0.25, 0.3) is 0 Å². The van der Waals surface area contributed by atoms with Gasteiger partial charge in [0.2, 0.25) is 5.89 Å². The molecule has 2 fully saturated rings. The van der Waals surface area contributed by atoms with Crippen LogP contribution >= 0.6 is 0 Å². The van der Waals surface area contributed by atoms with Crippen molar-refractivity contribution in [1.29, 1.82) is 0 Å². The SMILES string of the molecule is CC1CN(Cc2noc(C3CC3)n2)CC(C)N1. The molecule has 1 aliphatic heterocycles. The molecule has 0 amide bonds. The van der Waals surface area contributed by atoms with Crippen molar-refractivity contribution < 1.29 is 4.52 Å². The van der Waals surface area contributed by atoms with Crippen LogP contribution in [0.4, 0.5) is 0 Å². The molecule has 2 unspecified atom stereocenters. The Kier molecular flexibility index (Phi) is 2.88. The van der Waals surface area contributed by atoms with Crippen LogP contribution in [0.3, 0.4) is 0 Å². The summed E-state index contributed by atoms with van der Waals surface area (Å²) in [5, 5.41) is 7.60. The smallest absolute Gasteiger partial charge is 0.229 e. The topological polar surface area (TPSA) is 54.2 Å². The van der Waals surface area contributed by atoms with Crippen LogP contribution in [0.15, 0.2) is 4.52 Å². The second kappa shape index (κ2) is 4.38. The summed E-state index contributed by atoms with van der Waals surface area (Å²) in [6.07, 6.45) is 2.42. The van der Waals surface area contributed by atoms with E-state index in [4.69, 9.17) is 4.52 Å². The maximum Gasteiger partial charge on any atom is 0.229 e. The van der Waals surface area contributed by atoms with Crippen LogP contribution in [-0.2, 0) is 6.54 Å². The van der Waals surface area contributed by atoms with E-state index >= 15 is 0 Å². The van der Waals surface area contributed by atoms with Crippen molar-refractivity contribution in [2.75, 3.05) is 13.1 Å². The molecule has 17 heavy (non-hydrogen) atoms. The van der Waals surface area contributed by atoms with Crippen LogP contribution in [0.1, 0.15) is 44.3 Å². The highest BCUT2D eigenvalue weighted by atomic mass is 16.5. The second-order valence-electron chi connectivity index (χ2n) is 5.49. The Hall–Kier alpha value is -0.940. The molecule has 0 spiro atoms. The first-order valence-electron chi connectivity index (χ1n) is 6.51. The molecule has 0 aromatic carbocycles. The summed E-state index contributed by atoms with van der Waals surface area (Å²) in [5.41, 5.74) is 0. The Morgan fingerprint density at radius 2 is 2.00 bits per heavy atom. The van der Waals surface area contributed by atoms with Crippen molar-refractivity contribution in [3.63, 3.8) is 0 Å². The molecule has 1 N–H and O–H groups in total. The number of nitrogens with zero attached hydrogens (tertiary/aromatic N) is 3. The number of hydrogen-bond acceptors (Lipinski definition) is 5. The molecule has 2 aliphatic rings. The minimum Gasteiger partial charge on any atom is -0.339 e. The van der Waals surface area contributed by atoms with E-state index in [1.165, 1.54) is 12.8 Å². The van der Waals surface area contributed by atoms with Gasteiger partial charge >= 0.3 is 0 Å². The van der Waals surface area contributed by atoms with Gasteiger partial charge in [-0.3, -0.25) is 4.90 Å². The molecule has 94 valence electrons. The normalized spacial score (nSPS) is 30.7. The number of nitrogens with one attached hydrogen (secondary N) is 1. The third-order valence-electron chi connectivity index (χ3n) is 3.41. The summed E-state index contributed by atoms with van der Waals surface area (Å²) in [7, 11) is 0. The van der Waals surface area contributed by atoms with Gasteiger partial charge in [-0.05, 0) is 26.7 Å². The highest BCUT2D eigenvalue weighted by Crippen LogP contribution is 2.38. The Bertz CT molecular complexity index is 378. The van der Waals surface area contributed by atoms with Gasteiger partial charge in [0, 0.05) is 31.1 Å². The van der Waals surface area contributed by atoms with Crippen molar-refractivity contribution in [1.82, 2.24) is 20.4 Å². The predicted molar refractivity (Wildman–Crippen MR) is 63.6 cm³/mol. The maximum absolute atomic E-state index is 5.28. The molecule has 1 saturated carbocycles. The van der Waals surface area contributed by atoms with Crippen molar-refractivity contribution in [3.05, 3.63) is 11.7 Å². The monoisotopic (exact) mass is 236 g/mol. The molecule has 5 nitrogen and oxygen atoms in total. The third kappa shape index (κ3) is 2.66. The first-order chi connectivity index (χ1) is 8.20. The first-order valence-corrected chi connectivity index (χ1v) is 6.51. The minimum atomic E-state index is 0.536. The van der Waals surface area contributed by atoms with Crippen LogP contribution < -0.4 is 5.32 Å². The van der Waals surface area contributed by atoms with Gasteiger partial charge in [0.1, 0.15) is 0 Å². The second-order valence-corrected chi connectivity index (χ2v) is 5.49. The number of rotatable bonds is 3. The zero-order valence-corrected chi connectivity index (χ0v) is 10.5. The van der Waals surface area contributed by atoms with Crippen molar-refractivity contribution >= 4 is 0 Å². The molecule has 0 radical (unpaired) electrons. The van der Waals surface area contributed by atoms with Gasteiger partial charge in [0.15, 0.2) is 5.82 Å². The number of hydrogen-bond donors (Lipinski definition) is 1. The summed E-state index contributed by atoms with van der Waals surface area (Å²) in [4.78, 5) is 6.87. The summed E-state index contributed by atoms with van der Waals surface area (Å²) >= 11 is 0. The van der Waals surface area contributed by atoms with Gasteiger partial charge < -0.3 is 9.84 Å². The lowest BCUT2D eigenvalue weighted by Gasteiger charge is -2.35. The quantitative estimate of drug-likeness (QED) is 0.852. The fourth-order valence-electron chi connectivity index (χ4n) is 2.60. The number of piperazine rings is 1. The highest BCUT2D eigenvalue weighted by Gasteiger charge is 2.30. The lowest BCUT2D eigenvalue weighted by molar-refractivity contribution is 0.161. The fourth-order valence-corrected chi connectivity index (χ4v) is 2.60. The Balaban J connectivity index is 1.60. The third-order valence-corrected chi connectivity index (χ3v) is 3.41. The summed E-state index contributed by atoms with van der Waals surface area (Å²) in [5.74, 6) is 2.24. The first kappa shape index (κ1) is 11.2. The fraction of sp³-hybridized carbons (Fsp3) is 0.833. The zero-order valence-electron chi connectivity index (χ0n) is 10.5. The average molecular weight is 236 g/mol. The van der Waals surface area contributed by atoms with Gasteiger partial charge in [-0.2, -0.15) is 4.98 Å². The molecular formula is C12H20N4O. The zero-order chi connectivity index (χ0) is 11.8. The van der Waals surface area contributed by atoms with E-state index in [2.05, 4.69) is 34.2 Å². The molecule has 2 heterocycles. The lowest BCUT2D eigenvalue weighted by Crippen LogP contribution is -2.53. The maximum atomic E-state index is 5.28. The Morgan fingerprint density at radius 1 is 1.29 bits per heavy atom. The molecule has 3 rings (SSSR count). The van der Waals surface area contributed by atoms with E-state index in [-0.39, 0.29) is 0 Å². The van der Waals surface area contributed by atoms with Gasteiger partial charge in [-0.25, -0.2) is 0 Å². The summed E-state index contributed by atoms with van der Waals surface area (Å²) in [6, 6.07) is 1.07. The van der Waals surface area contributed by atoms with Crippen molar-refractivity contribution in [3.8, 4) is 0 Å². The molecular weight excluding hydrogens is 216 g/mol. The van der Waals surface area contributed by atoms with Crippen molar-refractivity contribution in [2.24, 2.45) is 0 Å². The van der Waals surface area contributed by atoms with Gasteiger partial charge in [-0.15, -0.1) is 0 Å². The van der Waals surface area contributed by atoms with E-state index in [9.17, 15) is 0 Å². The van der Waals surface area contributed by atoms with Crippen LogP contribution in [0.2, 0.25) is 0 Å². The predicted octanol–water partition coefficient (Wildman–Crippen LogP) is 1.13. The Labute approximate surface area is 102 Å². The standard InChI is InChI=1S/C12H20N4O/c1-8-5-16(6-9(2)13-8)7-11-14-12(17-15-11)10-3-4-10/h8-10,13H,3-7H2,1-2H3. The van der Waals surface area contributed by atoms with Crippen LogP contribution in [0.5, 0.6) is 0 Å². The van der Waals surface area contributed by atoms with Gasteiger partial charge in [0.05, 0.1) is 6.54 Å². The van der Waals surface area contributed by atoms with E-state index < -0.39 is 0 Å². The minimum absolute atomic E-state index is 0.536. The largest absolute Gasteiger partial charge is 0.339 e. The number of aromatic nitrogens is 2. The summed E-state index contributed by atoms with van der Waals surface area (Å²) in [6.45, 7) is 7.35. The lowest BCUT2D eigenvalue weighted by atomic mass is 10.1. The van der Waals surface area contributed by atoms with E-state index in [0.717, 1.165) is 31.3 Å². The Morgan fingerprint density at radius 3 is 2.65 bits per heavy atom. The van der Waals surface area contributed by atoms with Crippen LogP contribution in [0, 0.1) is 0 Å². The molecule has 2 atom stereocenters. The summed E-state index contributed by atoms with van der Waals surface area (Å²) < 4.78 is 5.28. The highest BCUT2D eigenvalue weighted by molar-refractivity contribution is 5.01. The molecule has 0 bridgehead atoms. The van der Waals surface area contributed by atoms with E-state index in [1.54, 1.807) is 0 Å². The van der Waals surface area contributed by atoms with Crippen LogP contribution in [0.25, 0.3) is 0 Å². The van der Waals surface area contributed by atoms with E-state index in [0.29, 0.717) is 18.0 Å². The van der Waals surface area contributed by atoms with Gasteiger partial charge in [-0.1, -0.05) is 5.16 Å². The molecule has 5 heteroatoms. The molecule has 1 aromatic rings.